The summed E-state index contributed by atoms with van der Waals surface area (Å²) in [5.41, 5.74) is 0. The number of hydrogen-bond donors (Lipinski definition) is 1. The molecule has 1 atom stereocenters. The van der Waals surface area contributed by atoms with Crippen molar-refractivity contribution in [1.29, 1.82) is 0 Å². The van der Waals surface area contributed by atoms with Gasteiger partial charge < -0.3 is 10.2 Å². The summed E-state index contributed by atoms with van der Waals surface area (Å²) in [6, 6.07) is 0.109. The highest BCUT2D eigenvalue weighted by atomic mass is 32.2. The lowest BCUT2D eigenvalue weighted by Crippen LogP contribution is -2.55. The Kier molecular flexibility index (Phi) is 4.37. The Morgan fingerprint density at radius 3 is 2.74 bits per heavy atom. The summed E-state index contributed by atoms with van der Waals surface area (Å²) in [5, 5.41) is 3.41. The Bertz CT molecular complexity index is 317. The third-order valence-electron chi connectivity index (χ3n) is 4.93. The first-order chi connectivity index (χ1) is 9.29. The van der Waals surface area contributed by atoms with E-state index in [0.717, 1.165) is 31.8 Å². The second kappa shape index (κ2) is 6.04. The molecule has 0 aromatic heterocycles. The molecule has 4 heteroatoms. The van der Waals surface area contributed by atoms with E-state index in [4.69, 9.17) is 0 Å². The van der Waals surface area contributed by atoms with E-state index < -0.39 is 0 Å². The van der Waals surface area contributed by atoms with Gasteiger partial charge in [0.1, 0.15) is 0 Å². The zero-order valence-electron chi connectivity index (χ0n) is 11.8. The summed E-state index contributed by atoms with van der Waals surface area (Å²) in [6.07, 6.45) is 10.2. The molecule has 1 N–H and O–H groups in total. The summed E-state index contributed by atoms with van der Waals surface area (Å²) < 4.78 is 0.404. The number of nitrogens with one attached hydrogen (secondary N) is 1. The first-order valence-electron chi connectivity index (χ1n) is 7.95. The first-order valence-corrected chi connectivity index (χ1v) is 8.94. The molecule has 0 bridgehead atoms. The van der Waals surface area contributed by atoms with E-state index in [9.17, 15) is 4.79 Å². The van der Waals surface area contributed by atoms with Crippen molar-refractivity contribution in [3.8, 4) is 0 Å². The van der Waals surface area contributed by atoms with Gasteiger partial charge in [-0.05, 0) is 32.2 Å². The minimum atomic E-state index is 0.109. The summed E-state index contributed by atoms with van der Waals surface area (Å²) in [7, 11) is 0. The Balaban J connectivity index is 1.62. The molecule has 1 saturated carbocycles. The molecule has 3 rings (SSSR count). The minimum absolute atomic E-state index is 0.109. The van der Waals surface area contributed by atoms with E-state index in [1.165, 1.54) is 44.9 Å². The maximum Gasteiger partial charge on any atom is 0.239 e. The second-order valence-corrected chi connectivity index (χ2v) is 7.92. The van der Waals surface area contributed by atoms with Gasteiger partial charge in [-0.1, -0.05) is 25.7 Å². The van der Waals surface area contributed by atoms with Crippen LogP contribution in [0.5, 0.6) is 0 Å². The predicted octanol–water partition coefficient (Wildman–Crippen LogP) is 2.41. The molecule has 0 radical (unpaired) electrons. The van der Waals surface area contributed by atoms with E-state index in [0.29, 0.717) is 10.7 Å². The van der Waals surface area contributed by atoms with Crippen molar-refractivity contribution >= 4 is 17.7 Å². The van der Waals surface area contributed by atoms with Gasteiger partial charge in [0.25, 0.3) is 0 Å². The van der Waals surface area contributed by atoms with Gasteiger partial charge in [0, 0.05) is 23.6 Å². The SMILES string of the molecule is O=C(C1CCCCN1)N1CCSC2(CCCCC2)C1. The average molecular weight is 282 g/mol. The van der Waals surface area contributed by atoms with Gasteiger partial charge in [0.2, 0.25) is 5.91 Å². The van der Waals surface area contributed by atoms with Crippen LogP contribution in [-0.2, 0) is 4.79 Å². The van der Waals surface area contributed by atoms with Crippen molar-refractivity contribution in [3.05, 3.63) is 0 Å². The number of hydrogen-bond acceptors (Lipinski definition) is 3. The third kappa shape index (κ3) is 3.10. The van der Waals surface area contributed by atoms with Crippen LogP contribution >= 0.6 is 11.8 Å². The van der Waals surface area contributed by atoms with Gasteiger partial charge in [0.15, 0.2) is 0 Å². The first kappa shape index (κ1) is 13.7. The monoisotopic (exact) mass is 282 g/mol. The van der Waals surface area contributed by atoms with Gasteiger partial charge >= 0.3 is 0 Å². The predicted molar refractivity (Wildman–Crippen MR) is 80.5 cm³/mol. The topological polar surface area (TPSA) is 32.3 Å². The Morgan fingerprint density at radius 1 is 1.16 bits per heavy atom. The minimum Gasteiger partial charge on any atom is -0.339 e. The van der Waals surface area contributed by atoms with Gasteiger partial charge in [-0.3, -0.25) is 4.79 Å². The highest BCUT2D eigenvalue weighted by Crippen LogP contribution is 2.42. The largest absolute Gasteiger partial charge is 0.339 e. The summed E-state index contributed by atoms with van der Waals surface area (Å²) in [5.74, 6) is 1.52. The number of carbonyl (C=O) groups excluding carboxylic acids is 1. The van der Waals surface area contributed by atoms with Crippen molar-refractivity contribution in [3.63, 3.8) is 0 Å². The normalized spacial score (nSPS) is 31.4. The van der Waals surface area contributed by atoms with Crippen LogP contribution in [-0.4, -0.2) is 47.0 Å². The lowest BCUT2D eigenvalue weighted by molar-refractivity contribution is -0.134. The molecule has 1 amide bonds. The van der Waals surface area contributed by atoms with Gasteiger partial charge in [-0.2, -0.15) is 11.8 Å². The van der Waals surface area contributed by atoms with Crippen molar-refractivity contribution < 1.29 is 4.79 Å². The lowest BCUT2D eigenvalue weighted by Gasteiger charge is -2.45. The number of nitrogens with zero attached hydrogens (tertiary/aromatic N) is 1. The smallest absolute Gasteiger partial charge is 0.239 e. The molecule has 2 heterocycles. The van der Waals surface area contributed by atoms with E-state index in [1.807, 2.05) is 0 Å². The zero-order valence-corrected chi connectivity index (χ0v) is 12.6. The van der Waals surface area contributed by atoms with Crippen LogP contribution in [0.15, 0.2) is 0 Å². The summed E-state index contributed by atoms with van der Waals surface area (Å²) in [4.78, 5) is 14.8. The molecule has 1 spiro atoms. The lowest BCUT2D eigenvalue weighted by atomic mass is 9.87. The van der Waals surface area contributed by atoms with Crippen LogP contribution in [0, 0.1) is 0 Å². The maximum atomic E-state index is 12.6. The van der Waals surface area contributed by atoms with Gasteiger partial charge in [-0.15, -0.1) is 0 Å². The molecule has 108 valence electrons. The van der Waals surface area contributed by atoms with Crippen LogP contribution in [0.4, 0.5) is 0 Å². The third-order valence-corrected chi connectivity index (χ3v) is 6.47. The maximum absolute atomic E-state index is 12.6. The fraction of sp³-hybridized carbons (Fsp3) is 0.933. The van der Waals surface area contributed by atoms with E-state index in [1.54, 1.807) is 0 Å². The molecule has 1 aliphatic carbocycles. The summed E-state index contributed by atoms with van der Waals surface area (Å²) in [6.45, 7) is 2.99. The molecule has 2 saturated heterocycles. The zero-order chi connectivity index (χ0) is 13.1. The van der Waals surface area contributed by atoms with Gasteiger partial charge in [-0.25, -0.2) is 0 Å². The van der Waals surface area contributed by atoms with Crippen molar-refractivity contribution in [2.24, 2.45) is 0 Å². The summed E-state index contributed by atoms with van der Waals surface area (Å²) >= 11 is 2.14. The molecule has 19 heavy (non-hydrogen) atoms. The number of carbonyl (C=O) groups is 1. The van der Waals surface area contributed by atoms with Gasteiger partial charge in [0.05, 0.1) is 6.04 Å². The van der Waals surface area contributed by atoms with E-state index in [-0.39, 0.29) is 6.04 Å². The molecule has 3 fully saturated rings. The number of amides is 1. The fourth-order valence-electron chi connectivity index (χ4n) is 3.81. The van der Waals surface area contributed by atoms with Crippen LogP contribution < -0.4 is 5.32 Å². The van der Waals surface area contributed by atoms with Crippen LogP contribution in [0.25, 0.3) is 0 Å². The molecular weight excluding hydrogens is 256 g/mol. The average Bonchev–Trinajstić information content (AvgIpc) is 2.48. The van der Waals surface area contributed by atoms with Crippen LogP contribution in [0.1, 0.15) is 51.4 Å². The Hall–Kier alpha value is -0.220. The van der Waals surface area contributed by atoms with Crippen molar-refractivity contribution in [1.82, 2.24) is 10.2 Å². The Morgan fingerprint density at radius 2 is 2.00 bits per heavy atom. The second-order valence-electron chi connectivity index (χ2n) is 6.35. The Labute approximate surface area is 120 Å². The van der Waals surface area contributed by atoms with Crippen LogP contribution in [0.3, 0.4) is 0 Å². The van der Waals surface area contributed by atoms with E-state index in [2.05, 4.69) is 22.0 Å². The molecular formula is C15H26N2OS. The fourth-order valence-corrected chi connectivity index (χ4v) is 5.38. The van der Waals surface area contributed by atoms with E-state index >= 15 is 0 Å². The number of piperidine rings is 1. The van der Waals surface area contributed by atoms with Crippen LogP contribution in [0.2, 0.25) is 0 Å². The quantitative estimate of drug-likeness (QED) is 0.801. The molecule has 3 nitrogen and oxygen atoms in total. The molecule has 0 aromatic rings. The van der Waals surface area contributed by atoms with Crippen molar-refractivity contribution in [2.75, 3.05) is 25.4 Å². The highest BCUT2D eigenvalue weighted by Gasteiger charge is 2.40. The highest BCUT2D eigenvalue weighted by molar-refractivity contribution is 8.00. The molecule has 2 aliphatic heterocycles. The molecule has 3 aliphatic rings. The number of rotatable bonds is 1. The number of thioether (sulfide) groups is 1. The standard InChI is InChI=1S/C15H26N2OS/c18-14(13-6-2-5-9-16-13)17-10-11-19-15(12-17)7-3-1-4-8-15/h13,16H,1-12H2. The van der Waals surface area contributed by atoms with Crippen molar-refractivity contribution in [2.45, 2.75) is 62.2 Å². The molecule has 1 unspecified atom stereocenters. The molecule has 0 aromatic carbocycles.